The molecular weight excluding hydrogens is 360 g/mol. The third-order valence-corrected chi connectivity index (χ3v) is 4.22. The van der Waals surface area contributed by atoms with E-state index in [-0.39, 0.29) is 0 Å². The van der Waals surface area contributed by atoms with Crippen molar-refractivity contribution in [3.63, 3.8) is 0 Å². The van der Waals surface area contributed by atoms with E-state index in [2.05, 4.69) is 43.8 Å². The first-order valence-electron chi connectivity index (χ1n) is 5.61. The van der Waals surface area contributed by atoms with Gasteiger partial charge in [-0.1, -0.05) is 6.92 Å². The van der Waals surface area contributed by atoms with E-state index in [1.54, 1.807) is 7.11 Å². The zero-order valence-corrected chi connectivity index (χ0v) is 13.6. The van der Waals surface area contributed by atoms with Crippen LogP contribution >= 0.6 is 31.9 Å². The van der Waals surface area contributed by atoms with Crippen molar-refractivity contribution in [1.82, 2.24) is 4.98 Å². The SMILES string of the molecule is CCc1c(C)nc2c(Br)cc(Br)c(OC)c2c1N. The summed E-state index contributed by atoms with van der Waals surface area (Å²) in [6, 6.07) is 1.93. The third kappa shape index (κ3) is 1.99. The number of rotatable bonds is 2. The molecule has 0 radical (unpaired) electrons. The van der Waals surface area contributed by atoms with Crippen molar-refractivity contribution in [1.29, 1.82) is 0 Å². The molecule has 2 N–H and O–H groups in total. The van der Waals surface area contributed by atoms with Gasteiger partial charge in [-0.3, -0.25) is 4.98 Å². The lowest BCUT2D eigenvalue weighted by Gasteiger charge is -2.15. The fourth-order valence-corrected chi connectivity index (χ4v) is 3.59. The van der Waals surface area contributed by atoms with E-state index >= 15 is 0 Å². The number of methoxy groups -OCH3 is 1. The van der Waals surface area contributed by atoms with Crippen LogP contribution in [0.2, 0.25) is 0 Å². The molecule has 96 valence electrons. The number of nitrogens with zero attached hydrogens (tertiary/aromatic N) is 1. The first kappa shape index (κ1) is 13.6. The molecule has 0 amide bonds. The summed E-state index contributed by atoms with van der Waals surface area (Å²) in [5, 5.41) is 0.862. The largest absolute Gasteiger partial charge is 0.495 e. The minimum absolute atomic E-state index is 0.730. The molecule has 1 heterocycles. The predicted molar refractivity (Wildman–Crippen MR) is 82.2 cm³/mol. The quantitative estimate of drug-likeness (QED) is 0.857. The van der Waals surface area contributed by atoms with E-state index in [4.69, 9.17) is 10.5 Å². The molecule has 0 unspecified atom stereocenters. The van der Waals surface area contributed by atoms with Gasteiger partial charge in [0, 0.05) is 15.9 Å². The van der Waals surface area contributed by atoms with Gasteiger partial charge in [0.15, 0.2) is 0 Å². The number of hydrogen-bond acceptors (Lipinski definition) is 3. The highest BCUT2D eigenvalue weighted by atomic mass is 79.9. The molecule has 0 fully saturated rings. The van der Waals surface area contributed by atoms with Gasteiger partial charge in [-0.05, 0) is 56.8 Å². The molecule has 5 heteroatoms. The molecule has 0 atom stereocenters. The van der Waals surface area contributed by atoms with Crippen LogP contribution in [0.1, 0.15) is 18.2 Å². The van der Waals surface area contributed by atoms with E-state index in [1.165, 1.54) is 0 Å². The van der Waals surface area contributed by atoms with Crippen molar-refractivity contribution in [2.75, 3.05) is 12.8 Å². The Kier molecular flexibility index (Phi) is 3.82. The van der Waals surface area contributed by atoms with Crippen molar-refractivity contribution in [3.05, 3.63) is 26.3 Å². The molecule has 2 aromatic rings. The lowest BCUT2D eigenvalue weighted by molar-refractivity contribution is 0.417. The van der Waals surface area contributed by atoms with Crippen LogP contribution in [0, 0.1) is 6.92 Å². The molecule has 0 aliphatic rings. The fourth-order valence-electron chi connectivity index (χ4n) is 2.18. The molecule has 1 aromatic carbocycles. The minimum Gasteiger partial charge on any atom is -0.495 e. The Hall–Kier alpha value is -0.810. The van der Waals surface area contributed by atoms with Gasteiger partial charge in [-0.25, -0.2) is 0 Å². The summed E-state index contributed by atoms with van der Waals surface area (Å²) in [5.41, 5.74) is 9.91. The lowest BCUT2D eigenvalue weighted by Crippen LogP contribution is -2.02. The second-order valence-electron chi connectivity index (χ2n) is 4.04. The number of anilines is 1. The highest BCUT2D eigenvalue weighted by Crippen LogP contribution is 2.42. The lowest BCUT2D eigenvalue weighted by atomic mass is 10.0. The number of aromatic nitrogens is 1. The van der Waals surface area contributed by atoms with Crippen molar-refractivity contribution >= 4 is 48.5 Å². The first-order chi connectivity index (χ1) is 8.51. The predicted octanol–water partition coefficient (Wildman–Crippen LogP) is 4.22. The summed E-state index contributed by atoms with van der Waals surface area (Å²) in [7, 11) is 1.64. The van der Waals surface area contributed by atoms with E-state index in [9.17, 15) is 0 Å². The molecule has 18 heavy (non-hydrogen) atoms. The topological polar surface area (TPSA) is 48.1 Å². The summed E-state index contributed by atoms with van der Waals surface area (Å²) >= 11 is 7.01. The van der Waals surface area contributed by atoms with Crippen molar-refractivity contribution in [3.8, 4) is 5.75 Å². The van der Waals surface area contributed by atoms with Gasteiger partial charge in [0.25, 0.3) is 0 Å². The van der Waals surface area contributed by atoms with Gasteiger partial charge in [-0.2, -0.15) is 0 Å². The number of nitrogen functional groups attached to an aromatic ring is 1. The number of halogens is 2. The maximum absolute atomic E-state index is 6.28. The Morgan fingerprint density at radius 1 is 1.33 bits per heavy atom. The van der Waals surface area contributed by atoms with Gasteiger partial charge in [0.2, 0.25) is 0 Å². The van der Waals surface area contributed by atoms with Crippen molar-refractivity contribution < 1.29 is 4.74 Å². The summed E-state index contributed by atoms with van der Waals surface area (Å²) in [6.45, 7) is 4.06. The monoisotopic (exact) mass is 372 g/mol. The van der Waals surface area contributed by atoms with Crippen LogP contribution in [-0.2, 0) is 6.42 Å². The summed E-state index contributed by atoms with van der Waals surface area (Å²) < 4.78 is 7.22. The van der Waals surface area contributed by atoms with Gasteiger partial charge in [0.05, 0.1) is 22.5 Å². The molecule has 2 rings (SSSR count). The van der Waals surface area contributed by atoms with E-state index in [0.717, 1.165) is 49.0 Å². The van der Waals surface area contributed by atoms with Crippen LogP contribution < -0.4 is 10.5 Å². The average Bonchev–Trinajstić information content (AvgIpc) is 2.31. The molecule has 0 saturated heterocycles. The molecule has 0 aliphatic carbocycles. The zero-order chi connectivity index (χ0) is 13.4. The standard InChI is InChI=1S/C13H14Br2N2O/c1-4-7-6(2)17-12-8(14)5-9(15)13(18-3)10(12)11(7)16/h5H,4H2,1-3H3,(H2,16,17). The van der Waals surface area contributed by atoms with E-state index < -0.39 is 0 Å². The maximum Gasteiger partial charge on any atom is 0.144 e. The van der Waals surface area contributed by atoms with Crippen LogP contribution in [0.5, 0.6) is 5.75 Å². The fraction of sp³-hybridized carbons (Fsp3) is 0.308. The number of fused-ring (bicyclic) bond motifs is 1. The highest BCUT2D eigenvalue weighted by molar-refractivity contribution is 9.11. The van der Waals surface area contributed by atoms with Crippen molar-refractivity contribution in [2.24, 2.45) is 0 Å². The first-order valence-corrected chi connectivity index (χ1v) is 7.20. The average molecular weight is 374 g/mol. The molecular formula is C13H14Br2N2O. The van der Waals surface area contributed by atoms with Crippen LogP contribution in [0.25, 0.3) is 10.9 Å². The Bertz CT molecular complexity index is 626. The summed E-state index contributed by atoms with van der Waals surface area (Å²) in [4.78, 5) is 4.63. The van der Waals surface area contributed by atoms with Crippen LogP contribution in [-0.4, -0.2) is 12.1 Å². The number of benzene rings is 1. The second kappa shape index (κ2) is 5.05. The van der Waals surface area contributed by atoms with Crippen molar-refractivity contribution in [2.45, 2.75) is 20.3 Å². The maximum atomic E-state index is 6.28. The van der Waals surface area contributed by atoms with Gasteiger partial charge in [0.1, 0.15) is 5.75 Å². The van der Waals surface area contributed by atoms with Gasteiger partial charge < -0.3 is 10.5 Å². The van der Waals surface area contributed by atoms with Crippen LogP contribution in [0.15, 0.2) is 15.0 Å². The highest BCUT2D eigenvalue weighted by Gasteiger charge is 2.17. The minimum atomic E-state index is 0.730. The van der Waals surface area contributed by atoms with E-state index in [1.807, 2.05) is 13.0 Å². The normalized spacial score (nSPS) is 10.9. The Morgan fingerprint density at radius 3 is 2.56 bits per heavy atom. The number of pyridine rings is 1. The summed E-state index contributed by atoms with van der Waals surface area (Å²) in [6.07, 6.45) is 0.855. The van der Waals surface area contributed by atoms with Gasteiger partial charge in [-0.15, -0.1) is 0 Å². The summed E-state index contributed by atoms with van der Waals surface area (Å²) in [5.74, 6) is 0.730. The van der Waals surface area contributed by atoms with Gasteiger partial charge >= 0.3 is 0 Å². The van der Waals surface area contributed by atoms with Crippen LogP contribution in [0.4, 0.5) is 5.69 Å². The molecule has 0 aliphatic heterocycles. The number of hydrogen-bond donors (Lipinski definition) is 1. The van der Waals surface area contributed by atoms with E-state index in [0.29, 0.717) is 0 Å². The second-order valence-corrected chi connectivity index (χ2v) is 5.75. The number of aryl methyl sites for hydroxylation is 1. The Balaban J connectivity index is 3.01. The Morgan fingerprint density at radius 2 is 2.00 bits per heavy atom. The van der Waals surface area contributed by atoms with Crippen LogP contribution in [0.3, 0.4) is 0 Å². The third-order valence-electron chi connectivity index (χ3n) is 3.03. The number of ether oxygens (including phenoxy) is 1. The molecule has 0 bridgehead atoms. The Labute approximate surface area is 123 Å². The molecule has 1 aromatic heterocycles. The smallest absolute Gasteiger partial charge is 0.144 e. The number of nitrogens with two attached hydrogens (primary N) is 1. The molecule has 0 saturated carbocycles. The molecule has 3 nitrogen and oxygen atoms in total. The molecule has 0 spiro atoms. The zero-order valence-electron chi connectivity index (χ0n) is 10.5.